The highest BCUT2D eigenvalue weighted by atomic mass is 32.2. The number of hydrogen-bond donors (Lipinski definition) is 2. The maximum absolute atomic E-state index is 13.7. The Kier molecular flexibility index (Phi) is 11.1. The van der Waals surface area contributed by atoms with Crippen LogP contribution >= 0.6 is 8.03 Å². The summed E-state index contributed by atoms with van der Waals surface area (Å²) in [7, 11) is -6.09. The molecule has 1 amide bonds. The minimum Gasteiger partial charge on any atom is -0.444 e. The molecular weight excluding hydrogens is 529 g/mol. The van der Waals surface area contributed by atoms with Gasteiger partial charge in [0.05, 0.1) is 24.2 Å². The van der Waals surface area contributed by atoms with Crippen LogP contribution in [0.1, 0.15) is 25.8 Å². The van der Waals surface area contributed by atoms with E-state index in [4.69, 9.17) is 19.7 Å². The zero-order valence-corrected chi connectivity index (χ0v) is 23.7. The van der Waals surface area contributed by atoms with Crippen molar-refractivity contribution in [1.82, 2.24) is 9.62 Å². The summed E-state index contributed by atoms with van der Waals surface area (Å²) in [5, 5.41) is 2.85. The van der Waals surface area contributed by atoms with Crippen LogP contribution in [-0.4, -0.2) is 70.0 Å². The molecule has 12 heteroatoms. The van der Waals surface area contributed by atoms with Crippen molar-refractivity contribution in [2.45, 2.75) is 49.8 Å². The number of carbonyl (C=O) groups excluding carboxylic acids is 1. The van der Waals surface area contributed by atoms with Gasteiger partial charge in [-0.1, -0.05) is 44.2 Å². The van der Waals surface area contributed by atoms with Gasteiger partial charge >= 0.3 is 14.1 Å². The Morgan fingerprint density at radius 2 is 1.84 bits per heavy atom. The average Bonchev–Trinajstić information content (AvgIpc) is 3.36. The SMILES string of the molecule is CC(C)CN(CC(O[P+](C)=O)C(Cc1ccccc1)NC(=O)OC1CCOC1)S(=O)(=O)c1ccc(N)cc1. The Morgan fingerprint density at radius 3 is 2.42 bits per heavy atom. The minimum atomic E-state index is -3.95. The standard InChI is InChI=1S/C26H36N3O7PS/c1-19(2)16-29(38(32,33)23-11-9-21(27)10-12-23)17-25(36-37(3)31)24(15-20-7-5-4-6-8-20)28-26(30)35-22-13-14-34-18-22/h4-12,19,22,24-25H,13-18,27H2,1-3H3/p+1. The predicted octanol–water partition coefficient (Wildman–Crippen LogP) is 3.80. The molecule has 2 aromatic carbocycles. The molecule has 0 radical (unpaired) electrons. The van der Waals surface area contributed by atoms with Gasteiger partial charge in [0.15, 0.2) is 6.66 Å². The summed E-state index contributed by atoms with van der Waals surface area (Å²) in [6.07, 6.45) is -1.06. The number of anilines is 1. The van der Waals surface area contributed by atoms with Crippen molar-refractivity contribution in [2.24, 2.45) is 5.92 Å². The van der Waals surface area contributed by atoms with Gasteiger partial charge in [-0.25, -0.2) is 13.2 Å². The summed E-state index contributed by atoms with van der Waals surface area (Å²) < 4.78 is 57.6. The summed E-state index contributed by atoms with van der Waals surface area (Å²) >= 11 is 0. The van der Waals surface area contributed by atoms with E-state index in [1.807, 2.05) is 44.2 Å². The number of alkyl carbamates (subject to hydrolysis) is 1. The van der Waals surface area contributed by atoms with Gasteiger partial charge in [0.1, 0.15) is 12.2 Å². The summed E-state index contributed by atoms with van der Waals surface area (Å²) in [6.45, 7) is 6.10. The lowest BCUT2D eigenvalue weighted by Gasteiger charge is -2.30. The van der Waals surface area contributed by atoms with Gasteiger partial charge in [-0.05, 0) is 46.7 Å². The Morgan fingerprint density at radius 1 is 1.16 bits per heavy atom. The van der Waals surface area contributed by atoms with E-state index >= 15 is 0 Å². The number of nitrogens with one attached hydrogen (secondary N) is 1. The van der Waals surface area contributed by atoms with Crippen LogP contribution in [-0.2, 0) is 35.0 Å². The first-order valence-corrected chi connectivity index (χ1v) is 15.6. The molecule has 1 aliphatic heterocycles. The monoisotopic (exact) mass is 566 g/mol. The van der Waals surface area contributed by atoms with E-state index in [0.717, 1.165) is 5.56 Å². The fourth-order valence-electron chi connectivity index (χ4n) is 4.18. The van der Waals surface area contributed by atoms with Crippen molar-refractivity contribution in [2.75, 3.05) is 38.7 Å². The number of amides is 1. The van der Waals surface area contributed by atoms with Gasteiger partial charge in [-0.3, -0.25) is 0 Å². The maximum atomic E-state index is 13.7. The molecule has 10 nitrogen and oxygen atoms in total. The van der Waals surface area contributed by atoms with Crippen molar-refractivity contribution >= 4 is 29.8 Å². The van der Waals surface area contributed by atoms with Gasteiger partial charge in [0.25, 0.3) is 0 Å². The lowest BCUT2D eigenvalue weighted by atomic mass is 10.0. The molecule has 1 saturated heterocycles. The topological polar surface area (TPSA) is 137 Å². The number of ether oxygens (including phenoxy) is 2. The normalized spacial score (nSPS) is 17.8. The second kappa shape index (κ2) is 14.0. The van der Waals surface area contributed by atoms with Crippen molar-refractivity contribution in [1.29, 1.82) is 0 Å². The molecule has 1 fully saturated rings. The Hall–Kier alpha value is -2.56. The van der Waals surface area contributed by atoms with E-state index in [1.165, 1.54) is 35.2 Å². The summed E-state index contributed by atoms with van der Waals surface area (Å²) in [5.74, 6) is -0.0116. The summed E-state index contributed by atoms with van der Waals surface area (Å²) in [4.78, 5) is 12.9. The van der Waals surface area contributed by atoms with Crippen molar-refractivity contribution in [3.05, 3.63) is 60.2 Å². The fraction of sp³-hybridized carbons (Fsp3) is 0.500. The average molecular weight is 567 g/mol. The Labute approximate surface area is 225 Å². The second-order valence-corrected chi connectivity index (χ2v) is 12.7. The number of nitrogens with zero attached hydrogens (tertiary/aromatic N) is 1. The van der Waals surface area contributed by atoms with Gasteiger partial charge in [-0.2, -0.15) is 4.31 Å². The molecule has 1 heterocycles. The first kappa shape index (κ1) is 30.0. The van der Waals surface area contributed by atoms with Crippen molar-refractivity contribution in [3.63, 3.8) is 0 Å². The number of carbonyl (C=O) groups is 1. The number of nitrogen functional groups attached to an aromatic ring is 1. The van der Waals surface area contributed by atoms with Crippen molar-refractivity contribution in [3.8, 4) is 0 Å². The van der Waals surface area contributed by atoms with Gasteiger partial charge in [-0.15, -0.1) is 4.52 Å². The number of benzene rings is 2. The first-order chi connectivity index (χ1) is 18.0. The zero-order valence-electron chi connectivity index (χ0n) is 22.0. The molecule has 208 valence electrons. The van der Waals surface area contributed by atoms with Crippen LogP contribution in [0.15, 0.2) is 59.5 Å². The minimum absolute atomic E-state index is 0.0116. The van der Waals surface area contributed by atoms with E-state index in [-0.39, 0.29) is 30.0 Å². The van der Waals surface area contributed by atoms with Crippen LogP contribution < -0.4 is 11.1 Å². The smallest absolute Gasteiger partial charge is 0.444 e. The molecule has 38 heavy (non-hydrogen) atoms. The molecule has 3 rings (SSSR count). The van der Waals surface area contributed by atoms with E-state index < -0.39 is 36.3 Å². The quantitative estimate of drug-likeness (QED) is 0.276. The van der Waals surface area contributed by atoms with Crippen LogP contribution in [0, 0.1) is 5.92 Å². The maximum Gasteiger partial charge on any atom is 0.505 e. The lowest BCUT2D eigenvalue weighted by Crippen LogP contribution is -2.52. The largest absolute Gasteiger partial charge is 0.505 e. The van der Waals surface area contributed by atoms with E-state index in [2.05, 4.69) is 5.32 Å². The lowest BCUT2D eigenvalue weighted by molar-refractivity contribution is 0.0711. The highest BCUT2D eigenvalue weighted by molar-refractivity contribution is 7.89. The number of nitrogens with two attached hydrogens (primary N) is 1. The molecule has 4 atom stereocenters. The zero-order chi connectivity index (χ0) is 27.7. The van der Waals surface area contributed by atoms with E-state index in [9.17, 15) is 17.8 Å². The third-order valence-corrected chi connectivity index (χ3v) is 8.38. The molecule has 0 spiro atoms. The third-order valence-electron chi connectivity index (χ3n) is 5.97. The summed E-state index contributed by atoms with van der Waals surface area (Å²) in [6, 6.07) is 14.6. The second-order valence-electron chi connectivity index (χ2n) is 9.70. The van der Waals surface area contributed by atoms with Crippen LogP contribution in [0.25, 0.3) is 0 Å². The highest BCUT2D eigenvalue weighted by Crippen LogP contribution is 2.26. The molecule has 0 aromatic heterocycles. The van der Waals surface area contributed by atoms with Gasteiger partial charge in [0.2, 0.25) is 10.0 Å². The molecule has 0 aliphatic carbocycles. The van der Waals surface area contributed by atoms with Crippen LogP contribution in [0.4, 0.5) is 10.5 Å². The fourth-order valence-corrected chi connectivity index (χ4v) is 6.39. The summed E-state index contributed by atoms with van der Waals surface area (Å²) in [5.41, 5.74) is 7.09. The number of rotatable bonds is 13. The molecular formula is C26H37N3O7PS+. The number of sulfonamides is 1. The first-order valence-electron chi connectivity index (χ1n) is 12.6. The molecule has 0 bridgehead atoms. The van der Waals surface area contributed by atoms with E-state index in [1.54, 1.807) is 0 Å². The third kappa shape index (κ3) is 9.03. The molecule has 3 N–H and O–H groups in total. The highest BCUT2D eigenvalue weighted by Gasteiger charge is 2.37. The van der Waals surface area contributed by atoms with Crippen LogP contribution in [0.2, 0.25) is 0 Å². The van der Waals surface area contributed by atoms with Crippen molar-refractivity contribution < 1.29 is 31.8 Å². The Balaban J connectivity index is 1.92. The van der Waals surface area contributed by atoms with E-state index in [0.29, 0.717) is 31.7 Å². The molecule has 0 saturated carbocycles. The predicted molar refractivity (Wildman–Crippen MR) is 146 cm³/mol. The Bertz CT molecular complexity index is 1160. The van der Waals surface area contributed by atoms with Gasteiger partial charge in [0, 0.05) is 25.2 Å². The van der Waals surface area contributed by atoms with Gasteiger partial charge < -0.3 is 20.5 Å². The molecule has 2 aromatic rings. The molecule has 1 aliphatic rings. The van der Waals surface area contributed by atoms with Crippen LogP contribution in [0.3, 0.4) is 0 Å². The molecule has 4 unspecified atom stereocenters. The van der Waals surface area contributed by atoms with Crippen LogP contribution in [0.5, 0.6) is 0 Å². The number of hydrogen-bond acceptors (Lipinski definition) is 8.